The first-order chi connectivity index (χ1) is 14.7. The molecule has 1 aliphatic heterocycles. The van der Waals surface area contributed by atoms with E-state index in [2.05, 4.69) is 20.9 Å². The van der Waals surface area contributed by atoms with Gasteiger partial charge in [0.05, 0.1) is 24.5 Å². The highest BCUT2D eigenvalue weighted by molar-refractivity contribution is 7.80. The van der Waals surface area contributed by atoms with E-state index in [1.807, 2.05) is 47.5 Å². The molecule has 1 aliphatic rings. The van der Waals surface area contributed by atoms with Crippen LogP contribution in [0, 0.1) is 5.82 Å². The van der Waals surface area contributed by atoms with Crippen molar-refractivity contribution in [2.45, 2.75) is 18.6 Å². The Morgan fingerprint density at radius 3 is 2.63 bits per heavy atom. The van der Waals surface area contributed by atoms with Gasteiger partial charge in [0, 0.05) is 23.8 Å². The van der Waals surface area contributed by atoms with E-state index in [1.54, 1.807) is 24.6 Å². The van der Waals surface area contributed by atoms with Gasteiger partial charge in [0.25, 0.3) is 0 Å². The normalized spacial score (nSPS) is 18.6. The summed E-state index contributed by atoms with van der Waals surface area (Å²) < 4.78 is 21.3. The number of pyridine rings is 1. The number of thiocarbonyl (C=S) groups is 1. The molecule has 1 fully saturated rings. The predicted molar refractivity (Wildman–Crippen MR) is 117 cm³/mol. The van der Waals surface area contributed by atoms with Gasteiger partial charge in [-0.1, -0.05) is 6.07 Å². The molecule has 0 unspecified atom stereocenters. The summed E-state index contributed by atoms with van der Waals surface area (Å²) in [5.74, 6) is 0.583. The van der Waals surface area contributed by atoms with Crippen LogP contribution in [0.15, 0.2) is 89.8 Å². The molecule has 1 aromatic carbocycles. The zero-order chi connectivity index (χ0) is 20.5. The Labute approximate surface area is 178 Å². The molecule has 1 N–H and O–H groups in total. The van der Waals surface area contributed by atoms with E-state index in [9.17, 15) is 4.39 Å². The van der Waals surface area contributed by atoms with Crippen LogP contribution in [0.4, 0.5) is 10.1 Å². The van der Waals surface area contributed by atoms with Gasteiger partial charge in [-0.05, 0) is 72.9 Å². The summed E-state index contributed by atoms with van der Waals surface area (Å²) in [5.41, 5.74) is 2.77. The lowest BCUT2D eigenvalue weighted by atomic mass is 10.0. The first-order valence-corrected chi connectivity index (χ1v) is 10.1. The monoisotopic (exact) mass is 418 g/mol. The lowest BCUT2D eigenvalue weighted by Gasteiger charge is -2.28. The molecule has 0 spiro atoms. The van der Waals surface area contributed by atoms with Gasteiger partial charge in [0.1, 0.15) is 17.6 Å². The Morgan fingerprint density at radius 1 is 1.03 bits per heavy atom. The van der Waals surface area contributed by atoms with Gasteiger partial charge in [0.15, 0.2) is 5.11 Å². The summed E-state index contributed by atoms with van der Waals surface area (Å²) in [6.45, 7) is 0.602. The lowest BCUT2D eigenvalue weighted by molar-refractivity contribution is 0.475. The highest BCUT2D eigenvalue weighted by Crippen LogP contribution is 2.41. The smallest absolute Gasteiger partial charge is 0.174 e. The van der Waals surface area contributed by atoms with Crippen molar-refractivity contribution >= 4 is 23.0 Å². The van der Waals surface area contributed by atoms with Crippen molar-refractivity contribution in [2.75, 3.05) is 4.90 Å². The maximum atomic E-state index is 13.6. The molecule has 0 bridgehead atoms. The molecule has 4 heterocycles. The van der Waals surface area contributed by atoms with Crippen molar-refractivity contribution in [3.05, 3.63) is 108 Å². The largest absolute Gasteiger partial charge is 0.467 e. The fourth-order valence-electron chi connectivity index (χ4n) is 3.95. The first-order valence-electron chi connectivity index (χ1n) is 9.64. The van der Waals surface area contributed by atoms with Crippen molar-refractivity contribution < 1.29 is 8.81 Å². The van der Waals surface area contributed by atoms with Crippen LogP contribution in [0.3, 0.4) is 0 Å². The van der Waals surface area contributed by atoms with Gasteiger partial charge < -0.3 is 19.2 Å². The molecule has 7 heteroatoms. The van der Waals surface area contributed by atoms with E-state index in [1.165, 1.54) is 12.1 Å². The minimum absolute atomic E-state index is 0.158. The third kappa shape index (κ3) is 3.37. The highest BCUT2D eigenvalue weighted by atomic mass is 32.1. The van der Waals surface area contributed by atoms with E-state index in [0.717, 1.165) is 22.8 Å². The van der Waals surface area contributed by atoms with Crippen LogP contribution in [-0.4, -0.2) is 14.7 Å². The second-order valence-electron chi connectivity index (χ2n) is 7.11. The summed E-state index contributed by atoms with van der Waals surface area (Å²) in [5, 5.41) is 4.00. The number of aromatic nitrogens is 2. The van der Waals surface area contributed by atoms with Crippen LogP contribution in [0.5, 0.6) is 0 Å². The Hall–Kier alpha value is -3.45. The zero-order valence-corrected chi connectivity index (χ0v) is 16.8. The minimum Gasteiger partial charge on any atom is -0.467 e. The zero-order valence-electron chi connectivity index (χ0n) is 16.0. The number of nitrogens with zero attached hydrogens (tertiary/aromatic N) is 3. The number of rotatable bonds is 5. The summed E-state index contributed by atoms with van der Waals surface area (Å²) in [4.78, 5) is 6.60. The van der Waals surface area contributed by atoms with Crippen LogP contribution >= 0.6 is 12.2 Å². The van der Waals surface area contributed by atoms with Crippen molar-refractivity contribution in [3.8, 4) is 0 Å². The number of benzene rings is 1. The number of halogens is 1. The molecule has 5 nitrogen and oxygen atoms in total. The topological polar surface area (TPSA) is 46.2 Å². The minimum atomic E-state index is -0.282. The van der Waals surface area contributed by atoms with E-state index < -0.39 is 0 Å². The number of nitrogens with one attached hydrogen (secondary N) is 1. The van der Waals surface area contributed by atoms with E-state index in [0.29, 0.717) is 11.7 Å². The molecule has 2 atom stereocenters. The Morgan fingerprint density at radius 2 is 1.90 bits per heavy atom. The Kier molecular flexibility index (Phi) is 4.80. The van der Waals surface area contributed by atoms with Crippen molar-refractivity contribution in [3.63, 3.8) is 0 Å². The molecule has 150 valence electrons. The maximum absolute atomic E-state index is 13.6. The molecule has 0 amide bonds. The van der Waals surface area contributed by atoms with Gasteiger partial charge >= 0.3 is 0 Å². The quantitative estimate of drug-likeness (QED) is 0.470. The van der Waals surface area contributed by atoms with Gasteiger partial charge in [-0.25, -0.2) is 4.39 Å². The molecule has 5 rings (SSSR count). The Bertz CT molecular complexity index is 1140. The SMILES string of the molecule is Fc1ccc(N2C(=S)N[C@@H](c3ccccn3)[C@@H]2c2cccn2Cc2ccco2)cc1. The number of anilines is 1. The fourth-order valence-corrected chi connectivity index (χ4v) is 4.29. The van der Waals surface area contributed by atoms with Crippen molar-refractivity contribution in [2.24, 2.45) is 0 Å². The average Bonchev–Trinajstić information content (AvgIpc) is 3.50. The van der Waals surface area contributed by atoms with E-state index in [-0.39, 0.29) is 17.9 Å². The maximum Gasteiger partial charge on any atom is 0.174 e. The molecule has 4 aromatic rings. The van der Waals surface area contributed by atoms with Crippen molar-refractivity contribution in [1.29, 1.82) is 0 Å². The van der Waals surface area contributed by atoms with Crippen LogP contribution in [0.2, 0.25) is 0 Å². The van der Waals surface area contributed by atoms with Gasteiger partial charge in [-0.15, -0.1) is 0 Å². The molecule has 30 heavy (non-hydrogen) atoms. The van der Waals surface area contributed by atoms with Crippen LogP contribution in [-0.2, 0) is 6.54 Å². The summed E-state index contributed by atoms with van der Waals surface area (Å²) >= 11 is 5.71. The van der Waals surface area contributed by atoms with Crippen LogP contribution in [0.1, 0.15) is 29.2 Å². The molecule has 0 aliphatic carbocycles. The van der Waals surface area contributed by atoms with Crippen LogP contribution in [0.25, 0.3) is 0 Å². The molecule has 0 radical (unpaired) electrons. The van der Waals surface area contributed by atoms with Crippen molar-refractivity contribution in [1.82, 2.24) is 14.9 Å². The van der Waals surface area contributed by atoms with Gasteiger partial charge in [-0.2, -0.15) is 0 Å². The lowest BCUT2D eigenvalue weighted by Crippen LogP contribution is -2.30. The van der Waals surface area contributed by atoms with E-state index >= 15 is 0 Å². The molecular weight excluding hydrogens is 399 g/mol. The second-order valence-corrected chi connectivity index (χ2v) is 7.50. The third-order valence-corrected chi connectivity index (χ3v) is 5.59. The number of hydrogen-bond donors (Lipinski definition) is 1. The highest BCUT2D eigenvalue weighted by Gasteiger charge is 2.42. The van der Waals surface area contributed by atoms with Crippen LogP contribution < -0.4 is 10.2 Å². The van der Waals surface area contributed by atoms with Gasteiger partial charge in [0.2, 0.25) is 0 Å². The second kappa shape index (κ2) is 7.76. The molecule has 0 saturated carbocycles. The Balaban J connectivity index is 1.60. The molecule has 1 saturated heterocycles. The third-order valence-electron chi connectivity index (χ3n) is 5.28. The standard InChI is InChI=1S/C23H19FN4OS/c24-16-8-10-17(11-9-16)28-22(21(26-23(28)30)19-6-1-2-12-25-19)20-7-3-13-27(20)15-18-5-4-14-29-18/h1-14,21-22H,15H2,(H,26,30)/t21-,22-/m0/s1. The number of hydrogen-bond acceptors (Lipinski definition) is 3. The predicted octanol–water partition coefficient (Wildman–Crippen LogP) is 4.84. The molecule has 3 aromatic heterocycles. The number of furan rings is 1. The molecular formula is C23H19FN4OS. The summed E-state index contributed by atoms with van der Waals surface area (Å²) in [7, 11) is 0. The summed E-state index contributed by atoms with van der Waals surface area (Å²) in [6.07, 6.45) is 5.48. The fraction of sp³-hybridized carbons (Fsp3) is 0.130. The summed E-state index contributed by atoms with van der Waals surface area (Å²) in [6, 6.07) is 19.8. The van der Waals surface area contributed by atoms with E-state index in [4.69, 9.17) is 16.6 Å². The first kappa shape index (κ1) is 18.6. The van der Waals surface area contributed by atoms with Gasteiger partial charge in [-0.3, -0.25) is 4.98 Å². The average molecular weight is 418 g/mol.